The molecule has 0 spiro atoms. The molecule has 1 atom stereocenters. The number of hydrogen-bond acceptors (Lipinski definition) is 6. The van der Waals surface area contributed by atoms with E-state index in [1.807, 2.05) is 19.2 Å². The van der Waals surface area contributed by atoms with Crippen LogP contribution in [0.15, 0.2) is 48.9 Å². The molecule has 1 aromatic carbocycles. The number of aromatic nitrogens is 5. The van der Waals surface area contributed by atoms with Crippen molar-refractivity contribution in [1.82, 2.24) is 24.7 Å². The Morgan fingerprint density at radius 1 is 1.03 bits per heavy atom. The van der Waals surface area contributed by atoms with Gasteiger partial charge in [0.1, 0.15) is 17.2 Å². The molecular formula is C24H22F4N6O. The average Bonchev–Trinajstić information content (AvgIpc) is 3.25. The third kappa shape index (κ3) is 5.08. The van der Waals surface area contributed by atoms with E-state index in [-0.39, 0.29) is 5.56 Å². The molecule has 4 rings (SSSR count). The summed E-state index contributed by atoms with van der Waals surface area (Å²) in [5.41, 5.74) is 2.25. The minimum absolute atomic E-state index is 0.265. The molecule has 0 bridgehead atoms. The molecule has 0 unspecified atom stereocenters. The fourth-order valence-corrected chi connectivity index (χ4v) is 3.55. The van der Waals surface area contributed by atoms with E-state index in [1.54, 1.807) is 36.9 Å². The van der Waals surface area contributed by atoms with Crippen molar-refractivity contribution < 1.29 is 22.3 Å². The van der Waals surface area contributed by atoms with Crippen molar-refractivity contribution in [3.05, 3.63) is 77.1 Å². The van der Waals surface area contributed by atoms with Crippen molar-refractivity contribution in [1.29, 1.82) is 0 Å². The third-order valence-electron chi connectivity index (χ3n) is 5.42. The quantitative estimate of drug-likeness (QED) is 0.353. The Hall–Kier alpha value is -4.02. The zero-order valence-corrected chi connectivity index (χ0v) is 19.4. The predicted molar refractivity (Wildman–Crippen MR) is 122 cm³/mol. The number of alkyl halides is 3. The van der Waals surface area contributed by atoms with Crippen molar-refractivity contribution >= 4 is 5.82 Å². The van der Waals surface area contributed by atoms with Gasteiger partial charge < -0.3 is 14.6 Å². The summed E-state index contributed by atoms with van der Waals surface area (Å²) in [6, 6.07) is 7.71. The van der Waals surface area contributed by atoms with Crippen LogP contribution in [-0.4, -0.2) is 31.8 Å². The molecule has 0 aliphatic rings. The fraction of sp³-hybridized carbons (Fsp3) is 0.250. The SMILES string of the molecule is COc1nc(-c2cc(C)c(N[C@@H](C)c3ccc(F)c(C(F)(F)F)c3)nn2)ccc1-n1cnc(C)c1. The molecule has 0 amide bonds. The van der Waals surface area contributed by atoms with Crippen LogP contribution in [0.5, 0.6) is 5.88 Å². The summed E-state index contributed by atoms with van der Waals surface area (Å²) >= 11 is 0. The Kier molecular flexibility index (Phi) is 6.42. The number of methoxy groups -OCH3 is 1. The smallest absolute Gasteiger partial charge is 0.419 e. The van der Waals surface area contributed by atoms with Gasteiger partial charge in [0, 0.05) is 6.20 Å². The van der Waals surface area contributed by atoms with Crippen LogP contribution in [0.3, 0.4) is 0 Å². The van der Waals surface area contributed by atoms with Crippen LogP contribution < -0.4 is 10.1 Å². The number of halogens is 4. The maximum Gasteiger partial charge on any atom is 0.419 e. The van der Waals surface area contributed by atoms with Gasteiger partial charge in [-0.05, 0) is 62.2 Å². The fourth-order valence-electron chi connectivity index (χ4n) is 3.55. The number of rotatable bonds is 6. The second-order valence-electron chi connectivity index (χ2n) is 8.01. The van der Waals surface area contributed by atoms with Crippen LogP contribution in [0.1, 0.15) is 35.3 Å². The average molecular weight is 486 g/mol. The summed E-state index contributed by atoms with van der Waals surface area (Å²) < 4.78 is 60.1. The lowest BCUT2D eigenvalue weighted by Crippen LogP contribution is -2.13. The van der Waals surface area contributed by atoms with Crippen molar-refractivity contribution in [2.75, 3.05) is 12.4 Å². The highest BCUT2D eigenvalue weighted by molar-refractivity contribution is 5.61. The first-order chi connectivity index (χ1) is 16.6. The van der Waals surface area contributed by atoms with Crippen LogP contribution in [0, 0.1) is 19.7 Å². The van der Waals surface area contributed by atoms with E-state index in [9.17, 15) is 17.6 Å². The van der Waals surface area contributed by atoms with Gasteiger partial charge in [0.25, 0.3) is 0 Å². The lowest BCUT2D eigenvalue weighted by molar-refractivity contribution is -0.140. The third-order valence-corrected chi connectivity index (χ3v) is 5.42. The van der Waals surface area contributed by atoms with Crippen molar-refractivity contribution in [2.45, 2.75) is 33.0 Å². The molecule has 0 saturated heterocycles. The van der Waals surface area contributed by atoms with Crippen molar-refractivity contribution in [3.63, 3.8) is 0 Å². The molecular weight excluding hydrogens is 464 g/mol. The lowest BCUT2D eigenvalue weighted by atomic mass is 10.0. The van der Waals surface area contributed by atoms with E-state index in [4.69, 9.17) is 4.74 Å². The number of pyridine rings is 1. The van der Waals surface area contributed by atoms with Gasteiger partial charge in [0.2, 0.25) is 5.88 Å². The maximum atomic E-state index is 13.6. The van der Waals surface area contributed by atoms with Crippen molar-refractivity contribution in [3.8, 4) is 23.0 Å². The maximum absolute atomic E-state index is 13.6. The topological polar surface area (TPSA) is 77.8 Å². The second-order valence-corrected chi connectivity index (χ2v) is 8.01. The molecule has 0 radical (unpaired) electrons. The Labute approximate surface area is 198 Å². The number of nitrogens with zero attached hydrogens (tertiary/aromatic N) is 5. The van der Waals surface area contributed by atoms with Gasteiger partial charge in [0.05, 0.1) is 36.4 Å². The van der Waals surface area contributed by atoms with Crippen LogP contribution in [0.4, 0.5) is 23.4 Å². The number of aryl methyl sites for hydroxylation is 2. The number of ether oxygens (including phenoxy) is 1. The predicted octanol–water partition coefficient (Wildman–Crippen LogP) is 5.68. The first-order valence-electron chi connectivity index (χ1n) is 10.6. The monoisotopic (exact) mass is 486 g/mol. The molecule has 1 N–H and O–H groups in total. The highest BCUT2D eigenvalue weighted by Gasteiger charge is 2.34. The molecule has 0 fully saturated rings. The second kappa shape index (κ2) is 9.32. The zero-order chi connectivity index (χ0) is 25.3. The number of anilines is 1. The summed E-state index contributed by atoms with van der Waals surface area (Å²) in [6.45, 7) is 5.33. The highest BCUT2D eigenvalue weighted by atomic mass is 19.4. The highest BCUT2D eigenvalue weighted by Crippen LogP contribution is 2.34. The Balaban J connectivity index is 1.57. The summed E-state index contributed by atoms with van der Waals surface area (Å²) in [5, 5.41) is 11.5. The van der Waals surface area contributed by atoms with Gasteiger partial charge in [-0.25, -0.2) is 14.4 Å². The molecule has 182 valence electrons. The summed E-state index contributed by atoms with van der Waals surface area (Å²) in [5.74, 6) is -0.547. The number of hydrogen-bond donors (Lipinski definition) is 1. The molecule has 0 aliphatic carbocycles. The van der Waals surface area contributed by atoms with Gasteiger partial charge in [-0.1, -0.05) is 6.07 Å². The Bertz CT molecular complexity index is 1370. The normalized spacial score (nSPS) is 12.5. The molecule has 4 aromatic rings. The minimum Gasteiger partial charge on any atom is -0.479 e. The largest absolute Gasteiger partial charge is 0.479 e. The van der Waals surface area contributed by atoms with E-state index < -0.39 is 23.6 Å². The molecule has 7 nitrogen and oxygen atoms in total. The van der Waals surface area contributed by atoms with E-state index in [0.717, 1.165) is 17.8 Å². The van der Waals surface area contributed by atoms with Crippen LogP contribution in [0.2, 0.25) is 0 Å². The van der Waals surface area contributed by atoms with Gasteiger partial charge in [0.15, 0.2) is 5.82 Å². The van der Waals surface area contributed by atoms with Gasteiger partial charge in [-0.15, -0.1) is 10.2 Å². The number of imidazole rings is 1. The summed E-state index contributed by atoms with van der Waals surface area (Å²) in [4.78, 5) is 8.74. The van der Waals surface area contributed by atoms with E-state index in [2.05, 4.69) is 25.5 Å². The first-order valence-corrected chi connectivity index (χ1v) is 10.6. The first kappa shape index (κ1) is 24.1. The molecule has 3 aromatic heterocycles. The number of benzene rings is 1. The molecule has 0 saturated carbocycles. The summed E-state index contributed by atoms with van der Waals surface area (Å²) in [6.07, 6.45) is -1.26. The molecule has 0 aliphatic heterocycles. The zero-order valence-electron chi connectivity index (χ0n) is 19.4. The van der Waals surface area contributed by atoms with Gasteiger partial charge in [-0.2, -0.15) is 13.2 Å². The van der Waals surface area contributed by atoms with Crippen LogP contribution >= 0.6 is 0 Å². The molecule has 3 heterocycles. The standard InChI is InChI=1S/C24H22F4N6O/c1-13-9-20(19-7-8-21(23(31-19)35-4)34-11-14(2)29-12-34)32-33-22(13)30-15(3)16-5-6-18(25)17(10-16)24(26,27)28/h5-12,15H,1-4H3,(H,30,33)/t15-/m0/s1. The Morgan fingerprint density at radius 3 is 2.43 bits per heavy atom. The number of nitrogens with one attached hydrogen (secondary N) is 1. The van der Waals surface area contributed by atoms with E-state index >= 15 is 0 Å². The van der Waals surface area contributed by atoms with Crippen LogP contribution in [0.25, 0.3) is 17.1 Å². The molecule has 35 heavy (non-hydrogen) atoms. The Morgan fingerprint density at radius 2 is 1.80 bits per heavy atom. The van der Waals surface area contributed by atoms with Crippen molar-refractivity contribution in [2.24, 2.45) is 0 Å². The molecule has 11 heteroatoms. The minimum atomic E-state index is -4.78. The van der Waals surface area contributed by atoms with E-state index in [0.29, 0.717) is 34.3 Å². The van der Waals surface area contributed by atoms with Gasteiger partial charge >= 0.3 is 6.18 Å². The van der Waals surface area contributed by atoms with Crippen LogP contribution in [-0.2, 0) is 6.18 Å². The van der Waals surface area contributed by atoms with E-state index in [1.165, 1.54) is 13.2 Å². The van der Waals surface area contributed by atoms with Gasteiger partial charge in [-0.3, -0.25) is 0 Å². The lowest BCUT2D eigenvalue weighted by Gasteiger charge is -2.18. The summed E-state index contributed by atoms with van der Waals surface area (Å²) in [7, 11) is 1.52.